The molecule has 0 saturated heterocycles. The Morgan fingerprint density at radius 3 is 1.35 bits per heavy atom. The van der Waals surface area contributed by atoms with Crippen LogP contribution >= 0.6 is 0 Å². The smallest absolute Gasteiger partial charge is 1.00 e. The molecule has 4 aliphatic rings. The zero-order valence-electron chi connectivity index (χ0n) is 21.7. The molecule has 0 unspecified atom stereocenters. The molecule has 0 spiro atoms. The number of hydrogen-bond acceptors (Lipinski definition) is 0. The number of halogens is 2. The first-order valence-electron chi connectivity index (χ1n) is 12.9. The van der Waals surface area contributed by atoms with Gasteiger partial charge in [-0.2, -0.15) is 0 Å². The molecule has 0 N–H and O–H groups in total. The predicted molar refractivity (Wildman–Crippen MR) is 150 cm³/mol. The van der Waals surface area contributed by atoms with Crippen molar-refractivity contribution >= 4 is 21.5 Å². The molecule has 0 heterocycles. The molecule has 0 fully saturated rings. The molecule has 4 aliphatic carbocycles. The second kappa shape index (κ2) is 14.9. The van der Waals surface area contributed by atoms with E-state index in [-0.39, 0.29) is 51.0 Å². The average Bonchev–Trinajstić information content (AvgIpc) is 3.46. The van der Waals surface area contributed by atoms with Crippen molar-refractivity contribution < 1.29 is 51.0 Å². The van der Waals surface area contributed by atoms with Gasteiger partial charge in [0.05, 0.1) is 0 Å². The van der Waals surface area contributed by atoms with E-state index >= 15 is 0 Å². The molecule has 2 aromatic carbocycles. The van der Waals surface area contributed by atoms with Crippen LogP contribution in [-0.2, 0) is 39.0 Å². The van der Waals surface area contributed by atoms with E-state index in [2.05, 4.69) is 111 Å². The molecule has 0 aromatic heterocycles. The Bertz CT molecular complexity index is 1330. The second-order valence-corrected chi connectivity index (χ2v) is 9.43. The van der Waals surface area contributed by atoms with Crippen molar-refractivity contribution in [1.82, 2.24) is 0 Å². The Kier molecular flexibility index (Phi) is 12.6. The van der Waals surface area contributed by atoms with E-state index in [0.717, 1.165) is 0 Å². The number of rotatable bonds is 6. The van der Waals surface area contributed by atoms with Crippen molar-refractivity contribution in [2.75, 3.05) is 0 Å². The molecule has 190 valence electrons. The fourth-order valence-corrected chi connectivity index (χ4v) is 5.25. The van der Waals surface area contributed by atoms with E-state index in [1.165, 1.54) is 93.5 Å². The van der Waals surface area contributed by atoms with E-state index in [9.17, 15) is 0 Å². The van der Waals surface area contributed by atoms with Gasteiger partial charge in [-0.3, -0.25) is 0 Å². The molecule has 0 aliphatic heterocycles. The molecular formula is C34H34Cl2Zr-2. The Balaban J connectivity index is 0.000000241. The van der Waals surface area contributed by atoms with Crippen LogP contribution in [0, 0.1) is 0 Å². The molecule has 0 amide bonds. The normalized spacial score (nSPS) is 10.4. The Labute approximate surface area is 253 Å². The monoisotopic (exact) mass is 602 g/mol. The summed E-state index contributed by atoms with van der Waals surface area (Å²) in [6.07, 6.45) is 7.48. The summed E-state index contributed by atoms with van der Waals surface area (Å²) in [6, 6.07) is 35.5. The molecule has 0 nitrogen and oxygen atoms in total. The zero-order valence-corrected chi connectivity index (χ0v) is 25.7. The van der Waals surface area contributed by atoms with Crippen molar-refractivity contribution in [2.24, 2.45) is 0 Å². The van der Waals surface area contributed by atoms with E-state index in [4.69, 9.17) is 0 Å². The van der Waals surface area contributed by atoms with Gasteiger partial charge in [-0.25, -0.2) is 0 Å². The standard InChI is InChI=1S/2C17H17.2ClH.Zr/c2*1-2-3-7-13-9-6-11-16-15-10-5-4-8-14(15)12-17(13)16;;;/h2*4-6,8-12H,2-3,7H2,1H3;2*1H;/q2*-1;;;+2/p-2. The van der Waals surface area contributed by atoms with Gasteiger partial charge in [0.15, 0.2) is 0 Å². The van der Waals surface area contributed by atoms with Gasteiger partial charge in [-0.1, -0.05) is 122 Å². The van der Waals surface area contributed by atoms with Gasteiger partial charge in [0.25, 0.3) is 0 Å². The van der Waals surface area contributed by atoms with Crippen LogP contribution in [0.2, 0.25) is 0 Å². The summed E-state index contributed by atoms with van der Waals surface area (Å²) in [5.41, 5.74) is 8.72. The summed E-state index contributed by atoms with van der Waals surface area (Å²) in [4.78, 5) is 0. The van der Waals surface area contributed by atoms with Gasteiger partial charge in [-0.05, 0) is 0 Å². The number of aryl methyl sites for hydroxylation is 2. The topological polar surface area (TPSA) is 0 Å². The van der Waals surface area contributed by atoms with Crippen molar-refractivity contribution in [3.63, 3.8) is 0 Å². The molecule has 0 atom stereocenters. The van der Waals surface area contributed by atoms with Gasteiger partial charge >= 0.3 is 26.2 Å². The first-order chi connectivity index (χ1) is 16.8. The Hall–Kier alpha value is -1.92. The molecule has 3 heteroatoms. The van der Waals surface area contributed by atoms with Crippen molar-refractivity contribution in [3.05, 3.63) is 108 Å². The fraction of sp³-hybridized carbons (Fsp3) is 0.235. The summed E-state index contributed by atoms with van der Waals surface area (Å²) < 4.78 is 0. The molecular weight excluding hydrogens is 571 g/mol. The minimum absolute atomic E-state index is 0. The van der Waals surface area contributed by atoms with Gasteiger partial charge in [0.1, 0.15) is 0 Å². The maximum Gasteiger partial charge on any atom is 2.00 e. The largest absolute Gasteiger partial charge is 2.00 e. The van der Waals surface area contributed by atoms with Gasteiger partial charge in [0, 0.05) is 0 Å². The van der Waals surface area contributed by atoms with Gasteiger partial charge < -0.3 is 24.8 Å². The molecule has 2 aromatic rings. The van der Waals surface area contributed by atoms with Crippen LogP contribution < -0.4 is 24.8 Å². The number of hydrogen-bond donors (Lipinski definition) is 0. The summed E-state index contributed by atoms with van der Waals surface area (Å²) in [6.45, 7) is 4.50. The molecule has 0 saturated carbocycles. The molecule has 0 bridgehead atoms. The minimum atomic E-state index is 0. The summed E-state index contributed by atoms with van der Waals surface area (Å²) in [7, 11) is 0. The number of benzene rings is 4. The maximum atomic E-state index is 2.34. The summed E-state index contributed by atoms with van der Waals surface area (Å²) in [5.74, 6) is 0. The van der Waals surface area contributed by atoms with Gasteiger partial charge in [-0.15, -0.1) is 81.9 Å². The van der Waals surface area contributed by atoms with E-state index in [1.54, 1.807) is 0 Å². The predicted octanol–water partition coefficient (Wildman–Crippen LogP) is 4.02. The first kappa shape index (κ1) is 31.3. The van der Waals surface area contributed by atoms with E-state index < -0.39 is 0 Å². The van der Waals surface area contributed by atoms with Crippen molar-refractivity contribution in [1.29, 1.82) is 0 Å². The van der Waals surface area contributed by atoms with Crippen LogP contribution in [0.1, 0.15) is 50.7 Å². The van der Waals surface area contributed by atoms with E-state index in [0.29, 0.717) is 0 Å². The molecule has 37 heavy (non-hydrogen) atoms. The van der Waals surface area contributed by atoms with Crippen LogP contribution in [0.5, 0.6) is 0 Å². The SMILES string of the molecule is CCCC[c-]1cccc2c3ccccc3cc1-2.CCCC[c-]1cccc2c3ccccc3cc1-2.[Cl-].[Cl-].[Zr+2]. The van der Waals surface area contributed by atoms with Crippen molar-refractivity contribution in [2.45, 2.75) is 52.4 Å². The average molecular weight is 605 g/mol. The second-order valence-electron chi connectivity index (χ2n) is 9.43. The van der Waals surface area contributed by atoms with Crippen LogP contribution in [0.25, 0.3) is 43.8 Å². The number of fused-ring (bicyclic) bond motifs is 6. The third-order valence-electron chi connectivity index (χ3n) is 7.09. The third-order valence-corrected chi connectivity index (χ3v) is 7.09. The quantitative estimate of drug-likeness (QED) is 0.252. The fourth-order valence-electron chi connectivity index (χ4n) is 5.25. The Morgan fingerprint density at radius 1 is 0.541 bits per heavy atom. The molecule has 0 radical (unpaired) electrons. The number of unbranched alkanes of at least 4 members (excludes halogenated alkanes) is 2. The minimum Gasteiger partial charge on any atom is -1.00 e. The van der Waals surface area contributed by atoms with Crippen LogP contribution in [-0.4, -0.2) is 0 Å². The third kappa shape index (κ3) is 6.75. The first-order valence-corrected chi connectivity index (χ1v) is 12.9. The van der Waals surface area contributed by atoms with Crippen LogP contribution in [0.3, 0.4) is 0 Å². The summed E-state index contributed by atoms with van der Waals surface area (Å²) >= 11 is 0. The zero-order chi connectivity index (χ0) is 23.3. The Morgan fingerprint density at radius 2 is 0.946 bits per heavy atom. The van der Waals surface area contributed by atoms with Crippen LogP contribution in [0.15, 0.2) is 97.1 Å². The maximum absolute atomic E-state index is 2.34. The summed E-state index contributed by atoms with van der Waals surface area (Å²) in [5, 5.41) is 5.51. The van der Waals surface area contributed by atoms with Crippen molar-refractivity contribution in [3.8, 4) is 22.3 Å². The van der Waals surface area contributed by atoms with Gasteiger partial charge in [0.2, 0.25) is 0 Å². The van der Waals surface area contributed by atoms with Crippen LogP contribution in [0.4, 0.5) is 0 Å². The molecule has 6 rings (SSSR count). The van der Waals surface area contributed by atoms with E-state index in [1.807, 2.05) is 0 Å².